The molecule has 0 saturated carbocycles. The molecule has 0 unspecified atom stereocenters. The zero-order chi connectivity index (χ0) is 16.9. The van der Waals surface area contributed by atoms with Crippen molar-refractivity contribution in [1.82, 2.24) is 9.80 Å². The van der Waals surface area contributed by atoms with Crippen LogP contribution in [0.1, 0.15) is 34.7 Å². The van der Waals surface area contributed by atoms with Crippen molar-refractivity contribution in [2.75, 3.05) is 52.6 Å². The van der Waals surface area contributed by atoms with E-state index in [1.54, 1.807) is 0 Å². The van der Waals surface area contributed by atoms with E-state index in [4.69, 9.17) is 13.9 Å². The first kappa shape index (κ1) is 17.5. The molecule has 0 aliphatic carbocycles. The van der Waals surface area contributed by atoms with Crippen LogP contribution in [0.2, 0.25) is 0 Å². The molecule has 2 aliphatic heterocycles. The van der Waals surface area contributed by atoms with Gasteiger partial charge in [0.05, 0.1) is 18.8 Å². The number of amides is 1. The van der Waals surface area contributed by atoms with Gasteiger partial charge in [-0.2, -0.15) is 0 Å². The summed E-state index contributed by atoms with van der Waals surface area (Å²) in [5, 5.41) is 0. The standard InChI is InChI=1S/C18H28N2O4/c1-14-13-17(15(2)24-14)18(21)20(16-3-9-22-10-4-16)6-5-19-7-11-23-12-8-19/h13,16H,3-12H2,1-2H3. The monoisotopic (exact) mass is 336 g/mol. The molecule has 2 saturated heterocycles. The van der Waals surface area contributed by atoms with Gasteiger partial charge in [0.2, 0.25) is 0 Å². The highest BCUT2D eigenvalue weighted by molar-refractivity contribution is 5.95. The van der Waals surface area contributed by atoms with Gasteiger partial charge >= 0.3 is 0 Å². The molecule has 1 aromatic heterocycles. The number of aryl methyl sites for hydroxylation is 2. The van der Waals surface area contributed by atoms with Gasteiger partial charge in [0.1, 0.15) is 11.5 Å². The van der Waals surface area contributed by atoms with Crippen LogP contribution in [-0.4, -0.2) is 74.4 Å². The number of carbonyl (C=O) groups is 1. The Hall–Kier alpha value is -1.37. The number of morpholine rings is 1. The highest BCUT2D eigenvalue weighted by Crippen LogP contribution is 2.21. The molecule has 24 heavy (non-hydrogen) atoms. The van der Waals surface area contributed by atoms with Crippen molar-refractivity contribution in [2.45, 2.75) is 32.7 Å². The summed E-state index contributed by atoms with van der Waals surface area (Å²) in [6.45, 7) is 10.3. The van der Waals surface area contributed by atoms with Crippen LogP contribution >= 0.6 is 0 Å². The summed E-state index contributed by atoms with van der Waals surface area (Å²) in [6.07, 6.45) is 1.81. The molecular weight excluding hydrogens is 308 g/mol. The van der Waals surface area contributed by atoms with Crippen molar-refractivity contribution in [2.24, 2.45) is 0 Å². The zero-order valence-electron chi connectivity index (χ0n) is 14.8. The normalized spacial score (nSPS) is 20.2. The Balaban J connectivity index is 1.70. The molecule has 0 N–H and O–H groups in total. The van der Waals surface area contributed by atoms with Crippen molar-refractivity contribution in [3.8, 4) is 0 Å². The van der Waals surface area contributed by atoms with E-state index in [2.05, 4.69) is 4.90 Å². The second-order valence-electron chi connectivity index (χ2n) is 6.62. The maximum Gasteiger partial charge on any atom is 0.257 e. The van der Waals surface area contributed by atoms with Gasteiger partial charge in [0.15, 0.2) is 0 Å². The molecule has 0 atom stereocenters. The van der Waals surface area contributed by atoms with Crippen LogP contribution in [0.3, 0.4) is 0 Å². The largest absolute Gasteiger partial charge is 0.466 e. The number of hydrogen-bond donors (Lipinski definition) is 0. The van der Waals surface area contributed by atoms with E-state index in [0.717, 1.165) is 71.2 Å². The van der Waals surface area contributed by atoms with Gasteiger partial charge < -0.3 is 18.8 Å². The summed E-state index contributed by atoms with van der Waals surface area (Å²) in [5.41, 5.74) is 0.695. The van der Waals surface area contributed by atoms with Crippen LogP contribution < -0.4 is 0 Å². The molecule has 0 spiro atoms. The molecule has 134 valence electrons. The smallest absolute Gasteiger partial charge is 0.257 e. The molecular formula is C18H28N2O4. The zero-order valence-corrected chi connectivity index (χ0v) is 14.8. The number of nitrogens with zero attached hydrogens (tertiary/aromatic N) is 2. The number of furan rings is 1. The van der Waals surface area contributed by atoms with E-state index in [1.807, 2.05) is 24.8 Å². The average molecular weight is 336 g/mol. The fourth-order valence-corrected chi connectivity index (χ4v) is 3.52. The molecule has 6 heteroatoms. The summed E-state index contributed by atoms with van der Waals surface area (Å²) in [7, 11) is 0. The Kier molecular flexibility index (Phi) is 5.92. The van der Waals surface area contributed by atoms with E-state index < -0.39 is 0 Å². The van der Waals surface area contributed by atoms with Crippen molar-refractivity contribution in [3.05, 3.63) is 23.2 Å². The molecule has 0 aromatic carbocycles. The maximum absolute atomic E-state index is 13.1. The SMILES string of the molecule is Cc1cc(C(=O)N(CCN2CCOCC2)C2CCOCC2)c(C)o1. The van der Waals surface area contributed by atoms with E-state index in [9.17, 15) is 4.79 Å². The maximum atomic E-state index is 13.1. The minimum Gasteiger partial charge on any atom is -0.466 e. The number of ether oxygens (including phenoxy) is 2. The van der Waals surface area contributed by atoms with E-state index in [0.29, 0.717) is 11.3 Å². The van der Waals surface area contributed by atoms with Gasteiger partial charge in [-0.05, 0) is 32.8 Å². The quantitative estimate of drug-likeness (QED) is 0.821. The summed E-state index contributed by atoms with van der Waals surface area (Å²) >= 11 is 0. The average Bonchev–Trinajstić information content (AvgIpc) is 2.95. The van der Waals surface area contributed by atoms with Crippen LogP contribution in [-0.2, 0) is 9.47 Å². The topological polar surface area (TPSA) is 55.2 Å². The summed E-state index contributed by atoms with van der Waals surface area (Å²) < 4.78 is 16.4. The van der Waals surface area contributed by atoms with Crippen LogP contribution in [0.4, 0.5) is 0 Å². The van der Waals surface area contributed by atoms with E-state index in [1.165, 1.54) is 0 Å². The molecule has 6 nitrogen and oxygen atoms in total. The minimum atomic E-state index is 0.0875. The van der Waals surface area contributed by atoms with Crippen LogP contribution in [0.15, 0.2) is 10.5 Å². The lowest BCUT2D eigenvalue weighted by molar-refractivity contribution is 0.0140. The van der Waals surface area contributed by atoms with Gasteiger partial charge in [0.25, 0.3) is 5.91 Å². The molecule has 3 heterocycles. The van der Waals surface area contributed by atoms with Crippen molar-refractivity contribution < 1.29 is 18.7 Å². The Morgan fingerprint density at radius 3 is 2.46 bits per heavy atom. The predicted molar refractivity (Wildman–Crippen MR) is 90.3 cm³/mol. The molecule has 0 bridgehead atoms. The summed E-state index contributed by atoms with van der Waals surface area (Å²) in [6, 6.07) is 2.11. The highest BCUT2D eigenvalue weighted by Gasteiger charge is 2.29. The van der Waals surface area contributed by atoms with Gasteiger partial charge in [0, 0.05) is 45.4 Å². The number of rotatable bonds is 5. The molecule has 0 radical (unpaired) electrons. The second kappa shape index (κ2) is 8.14. The minimum absolute atomic E-state index is 0.0875. The first-order valence-corrected chi connectivity index (χ1v) is 8.91. The second-order valence-corrected chi connectivity index (χ2v) is 6.62. The van der Waals surface area contributed by atoms with Gasteiger partial charge in [-0.15, -0.1) is 0 Å². The lowest BCUT2D eigenvalue weighted by atomic mass is 10.1. The first-order valence-electron chi connectivity index (χ1n) is 8.91. The third-order valence-electron chi connectivity index (χ3n) is 4.92. The Morgan fingerprint density at radius 2 is 1.83 bits per heavy atom. The number of carbonyl (C=O) groups excluding carboxylic acids is 1. The third kappa shape index (κ3) is 4.18. The van der Waals surface area contributed by atoms with Crippen molar-refractivity contribution in [3.63, 3.8) is 0 Å². The summed E-state index contributed by atoms with van der Waals surface area (Å²) in [4.78, 5) is 17.5. The third-order valence-corrected chi connectivity index (χ3v) is 4.92. The molecule has 1 aromatic rings. The number of hydrogen-bond acceptors (Lipinski definition) is 5. The highest BCUT2D eigenvalue weighted by atomic mass is 16.5. The molecule has 2 fully saturated rings. The molecule has 3 rings (SSSR count). The fraction of sp³-hybridized carbons (Fsp3) is 0.722. The van der Waals surface area contributed by atoms with Gasteiger partial charge in [-0.1, -0.05) is 0 Å². The van der Waals surface area contributed by atoms with E-state index in [-0.39, 0.29) is 11.9 Å². The van der Waals surface area contributed by atoms with Crippen LogP contribution in [0, 0.1) is 13.8 Å². The van der Waals surface area contributed by atoms with E-state index >= 15 is 0 Å². The Labute approximate surface area is 143 Å². The Morgan fingerprint density at radius 1 is 1.17 bits per heavy atom. The lowest BCUT2D eigenvalue weighted by Gasteiger charge is -2.36. The van der Waals surface area contributed by atoms with Crippen molar-refractivity contribution in [1.29, 1.82) is 0 Å². The first-order chi connectivity index (χ1) is 11.6. The Bertz CT molecular complexity index is 545. The summed E-state index contributed by atoms with van der Waals surface area (Å²) in [5.74, 6) is 1.58. The molecule has 2 aliphatic rings. The van der Waals surface area contributed by atoms with Crippen LogP contribution in [0.5, 0.6) is 0 Å². The van der Waals surface area contributed by atoms with Crippen LogP contribution in [0.25, 0.3) is 0 Å². The van der Waals surface area contributed by atoms with Crippen molar-refractivity contribution >= 4 is 5.91 Å². The molecule has 1 amide bonds. The fourth-order valence-electron chi connectivity index (χ4n) is 3.52. The van der Waals surface area contributed by atoms with Gasteiger partial charge in [-0.25, -0.2) is 0 Å². The predicted octanol–water partition coefficient (Wildman–Crippen LogP) is 1.85. The lowest BCUT2D eigenvalue weighted by Crippen LogP contribution is -2.48. The van der Waals surface area contributed by atoms with Gasteiger partial charge in [-0.3, -0.25) is 9.69 Å².